The maximum atomic E-state index is 6.09. The second-order valence-corrected chi connectivity index (χ2v) is 4.20. The largest absolute Gasteiger partial charge is 0.397 e. The Labute approximate surface area is 105 Å². The summed E-state index contributed by atoms with van der Waals surface area (Å²) < 4.78 is 0. The van der Waals surface area contributed by atoms with Crippen LogP contribution in [0.25, 0.3) is 0 Å². The monoisotopic (exact) mass is 248 g/mol. The number of anilines is 2. The molecule has 0 aliphatic carbocycles. The number of nitrogens with zero attached hydrogens (tertiary/aromatic N) is 3. The van der Waals surface area contributed by atoms with E-state index in [1.165, 1.54) is 0 Å². The van der Waals surface area contributed by atoms with Crippen LogP contribution in [0, 0.1) is 0 Å². The van der Waals surface area contributed by atoms with Gasteiger partial charge in [0.25, 0.3) is 0 Å². The van der Waals surface area contributed by atoms with Crippen molar-refractivity contribution in [3.8, 4) is 0 Å². The second-order valence-electron chi connectivity index (χ2n) is 3.79. The van der Waals surface area contributed by atoms with Crippen molar-refractivity contribution in [1.29, 1.82) is 0 Å². The van der Waals surface area contributed by atoms with Crippen molar-refractivity contribution < 1.29 is 0 Å². The fourth-order valence-electron chi connectivity index (χ4n) is 1.57. The average molecular weight is 249 g/mol. The topological polar surface area (TPSA) is 55.0 Å². The van der Waals surface area contributed by atoms with Crippen molar-refractivity contribution in [1.82, 2.24) is 9.97 Å². The first-order valence-corrected chi connectivity index (χ1v) is 5.55. The summed E-state index contributed by atoms with van der Waals surface area (Å²) in [7, 11) is 1.93. The molecule has 17 heavy (non-hydrogen) atoms. The van der Waals surface area contributed by atoms with Gasteiger partial charge in [0.2, 0.25) is 0 Å². The van der Waals surface area contributed by atoms with Crippen molar-refractivity contribution >= 4 is 23.1 Å². The van der Waals surface area contributed by atoms with Gasteiger partial charge in [0.05, 0.1) is 16.9 Å². The zero-order valence-corrected chi connectivity index (χ0v) is 10.2. The molecule has 0 bridgehead atoms. The highest BCUT2D eigenvalue weighted by Crippen LogP contribution is 2.24. The minimum atomic E-state index is 0.552. The van der Waals surface area contributed by atoms with E-state index in [-0.39, 0.29) is 0 Å². The standard InChI is InChI=1S/C12H13ClN4/c1-17(8-9-3-2-4-15-6-9)12-11(13)5-10(14)7-16-12/h2-7H,8,14H2,1H3. The molecule has 2 aromatic rings. The molecule has 0 saturated carbocycles. The number of aromatic nitrogens is 2. The molecule has 2 heterocycles. The lowest BCUT2D eigenvalue weighted by Crippen LogP contribution is -2.18. The zero-order chi connectivity index (χ0) is 12.3. The number of pyridine rings is 2. The van der Waals surface area contributed by atoms with Crippen molar-refractivity contribution in [2.75, 3.05) is 17.7 Å². The van der Waals surface area contributed by atoms with Crippen LogP contribution in [0.1, 0.15) is 5.56 Å². The van der Waals surface area contributed by atoms with Gasteiger partial charge >= 0.3 is 0 Å². The lowest BCUT2D eigenvalue weighted by atomic mass is 10.2. The van der Waals surface area contributed by atoms with E-state index in [0.717, 1.165) is 5.56 Å². The van der Waals surface area contributed by atoms with Gasteiger partial charge in [0, 0.05) is 26.0 Å². The van der Waals surface area contributed by atoms with E-state index >= 15 is 0 Å². The van der Waals surface area contributed by atoms with E-state index in [0.29, 0.717) is 23.1 Å². The number of nitrogens with two attached hydrogens (primary N) is 1. The third kappa shape index (κ3) is 2.85. The molecule has 0 spiro atoms. The molecule has 2 rings (SSSR count). The van der Waals surface area contributed by atoms with Crippen LogP contribution < -0.4 is 10.6 Å². The summed E-state index contributed by atoms with van der Waals surface area (Å²) in [5, 5.41) is 0.552. The van der Waals surface area contributed by atoms with Crippen LogP contribution in [-0.2, 0) is 6.54 Å². The Morgan fingerprint density at radius 1 is 1.41 bits per heavy atom. The van der Waals surface area contributed by atoms with Gasteiger partial charge in [0.15, 0.2) is 0 Å². The minimum absolute atomic E-state index is 0.552. The van der Waals surface area contributed by atoms with E-state index in [1.807, 2.05) is 30.3 Å². The molecule has 2 aromatic heterocycles. The first-order valence-electron chi connectivity index (χ1n) is 5.18. The molecule has 0 aromatic carbocycles. The molecule has 0 fully saturated rings. The summed E-state index contributed by atoms with van der Waals surface area (Å²) >= 11 is 6.09. The van der Waals surface area contributed by atoms with Crippen LogP contribution in [0.5, 0.6) is 0 Å². The molecular formula is C12H13ClN4. The first-order chi connectivity index (χ1) is 8.16. The normalized spacial score (nSPS) is 10.2. The molecule has 2 N–H and O–H groups in total. The molecular weight excluding hydrogens is 236 g/mol. The molecule has 4 nitrogen and oxygen atoms in total. The van der Waals surface area contributed by atoms with Crippen LogP contribution in [0.4, 0.5) is 11.5 Å². The number of hydrogen-bond acceptors (Lipinski definition) is 4. The lowest BCUT2D eigenvalue weighted by molar-refractivity contribution is 0.892. The van der Waals surface area contributed by atoms with Gasteiger partial charge in [0.1, 0.15) is 5.82 Å². The van der Waals surface area contributed by atoms with E-state index in [4.69, 9.17) is 17.3 Å². The van der Waals surface area contributed by atoms with Gasteiger partial charge in [-0.05, 0) is 17.7 Å². The third-order valence-corrected chi connectivity index (χ3v) is 2.63. The number of hydrogen-bond donors (Lipinski definition) is 1. The molecule has 0 unspecified atom stereocenters. The molecule has 0 atom stereocenters. The van der Waals surface area contributed by atoms with Crippen molar-refractivity contribution in [2.24, 2.45) is 0 Å². The van der Waals surface area contributed by atoms with Gasteiger partial charge in [-0.15, -0.1) is 0 Å². The number of rotatable bonds is 3. The Hall–Kier alpha value is -1.81. The molecule has 0 aliphatic heterocycles. The Balaban J connectivity index is 2.17. The van der Waals surface area contributed by atoms with Gasteiger partial charge in [-0.1, -0.05) is 17.7 Å². The lowest BCUT2D eigenvalue weighted by Gasteiger charge is -2.19. The van der Waals surface area contributed by atoms with Crippen LogP contribution in [-0.4, -0.2) is 17.0 Å². The van der Waals surface area contributed by atoms with Crippen molar-refractivity contribution in [2.45, 2.75) is 6.54 Å². The molecule has 0 radical (unpaired) electrons. The van der Waals surface area contributed by atoms with Crippen molar-refractivity contribution in [3.63, 3.8) is 0 Å². The maximum Gasteiger partial charge on any atom is 0.147 e. The van der Waals surface area contributed by atoms with Gasteiger partial charge in [-0.2, -0.15) is 0 Å². The van der Waals surface area contributed by atoms with Crippen LogP contribution in [0.15, 0.2) is 36.8 Å². The predicted molar refractivity (Wildman–Crippen MR) is 70.0 cm³/mol. The predicted octanol–water partition coefficient (Wildman–Crippen LogP) is 2.35. The van der Waals surface area contributed by atoms with Gasteiger partial charge in [-0.25, -0.2) is 4.98 Å². The summed E-state index contributed by atoms with van der Waals surface area (Å²) in [6.45, 7) is 0.699. The molecule has 88 valence electrons. The highest BCUT2D eigenvalue weighted by Gasteiger charge is 2.08. The van der Waals surface area contributed by atoms with E-state index < -0.39 is 0 Å². The molecule has 0 saturated heterocycles. The summed E-state index contributed by atoms with van der Waals surface area (Å²) in [5.41, 5.74) is 7.27. The molecule has 5 heteroatoms. The Kier molecular flexibility index (Phi) is 3.44. The highest BCUT2D eigenvalue weighted by atomic mass is 35.5. The summed E-state index contributed by atoms with van der Waals surface area (Å²) in [6.07, 6.45) is 5.17. The fourth-order valence-corrected chi connectivity index (χ4v) is 1.89. The summed E-state index contributed by atoms with van der Waals surface area (Å²) in [5.74, 6) is 0.713. The SMILES string of the molecule is CN(Cc1cccnc1)c1ncc(N)cc1Cl. The van der Waals surface area contributed by atoms with Crippen LogP contribution >= 0.6 is 11.6 Å². The smallest absolute Gasteiger partial charge is 0.147 e. The third-order valence-electron chi connectivity index (χ3n) is 2.35. The number of nitrogen functional groups attached to an aromatic ring is 1. The maximum absolute atomic E-state index is 6.09. The van der Waals surface area contributed by atoms with Gasteiger partial charge < -0.3 is 10.6 Å². The van der Waals surface area contributed by atoms with E-state index in [9.17, 15) is 0 Å². The fraction of sp³-hybridized carbons (Fsp3) is 0.167. The van der Waals surface area contributed by atoms with Gasteiger partial charge in [-0.3, -0.25) is 4.98 Å². The minimum Gasteiger partial charge on any atom is -0.397 e. The quantitative estimate of drug-likeness (QED) is 0.906. The first kappa shape index (κ1) is 11.7. The van der Waals surface area contributed by atoms with Crippen molar-refractivity contribution in [3.05, 3.63) is 47.4 Å². The summed E-state index contributed by atoms with van der Waals surface area (Å²) in [4.78, 5) is 10.2. The van der Waals surface area contributed by atoms with Crippen LogP contribution in [0.2, 0.25) is 5.02 Å². The Morgan fingerprint density at radius 2 is 2.24 bits per heavy atom. The van der Waals surface area contributed by atoms with E-state index in [1.54, 1.807) is 18.5 Å². The molecule has 0 aliphatic rings. The second kappa shape index (κ2) is 5.01. The zero-order valence-electron chi connectivity index (χ0n) is 9.47. The van der Waals surface area contributed by atoms with E-state index in [2.05, 4.69) is 9.97 Å². The Morgan fingerprint density at radius 3 is 2.88 bits per heavy atom. The van der Waals surface area contributed by atoms with Crippen LogP contribution in [0.3, 0.4) is 0 Å². The highest BCUT2D eigenvalue weighted by molar-refractivity contribution is 6.33. The summed E-state index contributed by atoms with van der Waals surface area (Å²) in [6, 6.07) is 5.61. The number of halogens is 1. The Bertz CT molecular complexity index is 501. The molecule has 0 amide bonds. The average Bonchev–Trinajstić information content (AvgIpc) is 2.30.